The van der Waals surface area contributed by atoms with Gasteiger partial charge < -0.3 is 19.3 Å². The number of nitrogens with zero attached hydrogens (tertiary/aromatic N) is 5. The molecule has 1 aromatic carbocycles. The summed E-state index contributed by atoms with van der Waals surface area (Å²) in [4.78, 5) is 27.9. The number of carboxylic acid groups (broad SMARTS) is 1. The largest absolute Gasteiger partial charge is 0.487 e. The number of carboxylic acids is 1. The molecule has 0 aliphatic carbocycles. The molecule has 0 amide bonds. The molecule has 0 spiro atoms. The molecule has 2 aromatic heterocycles. The van der Waals surface area contributed by atoms with Gasteiger partial charge in [-0.15, -0.1) is 0 Å². The molecule has 1 saturated heterocycles. The van der Waals surface area contributed by atoms with E-state index in [-0.39, 0.29) is 23.6 Å². The fourth-order valence-electron chi connectivity index (χ4n) is 4.21. The standard InChI is InChI=1S/C20H20FN5O4/c1-12-11-30-19-16-13(18(27)14(20(28)29)10-25(12)16)9-15(21)17(19)23-5-7-24(8-6-23)26-4-2-3-22-26/h2-4,9-10,12H,5-8,11H2,1H3,(H,28,29)/t12-/m0/s1. The average molecular weight is 413 g/mol. The summed E-state index contributed by atoms with van der Waals surface area (Å²) in [5.41, 5.74) is -0.329. The van der Waals surface area contributed by atoms with Crippen LogP contribution in [0.3, 0.4) is 0 Å². The van der Waals surface area contributed by atoms with Crippen LogP contribution in [0.1, 0.15) is 23.3 Å². The highest BCUT2D eigenvalue weighted by Crippen LogP contribution is 2.42. The highest BCUT2D eigenvalue weighted by atomic mass is 19.1. The molecule has 9 nitrogen and oxygen atoms in total. The fourth-order valence-corrected chi connectivity index (χ4v) is 4.21. The van der Waals surface area contributed by atoms with Crippen molar-refractivity contribution in [2.45, 2.75) is 13.0 Å². The van der Waals surface area contributed by atoms with Crippen LogP contribution in [-0.2, 0) is 0 Å². The Morgan fingerprint density at radius 1 is 1.30 bits per heavy atom. The minimum Gasteiger partial charge on any atom is -0.487 e. The number of halogens is 1. The molecule has 4 heterocycles. The van der Waals surface area contributed by atoms with Gasteiger partial charge in [-0.05, 0) is 19.1 Å². The van der Waals surface area contributed by atoms with Crippen molar-refractivity contribution < 1.29 is 19.0 Å². The smallest absolute Gasteiger partial charge is 0.341 e. The number of carbonyl (C=O) groups is 1. The molecule has 0 saturated carbocycles. The lowest BCUT2D eigenvalue weighted by molar-refractivity contribution is 0.0694. The molecule has 1 fully saturated rings. The van der Waals surface area contributed by atoms with Crippen LogP contribution < -0.4 is 20.1 Å². The predicted molar refractivity (Wildman–Crippen MR) is 108 cm³/mol. The van der Waals surface area contributed by atoms with Crippen LogP contribution >= 0.6 is 0 Å². The van der Waals surface area contributed by atoms with E-state index in [1.807, 2.05) is 24.1 Å². The zero-order valence-corrected chi connectivity index (χ0v) is 16.3. The molecule has 0 bridgehead atoms. The maximum absolute atomic E-state index is 15.2. The highest BCUT2D eigenvalue weighted by molar-refractivity contribution is 5.97. The van der Waals surface area contributed by atoms with Gasteiger partial charge in [-0.25, -0.2) is 9.18 Å². The van der Waals surface area contributed by atoms with Crippen LogP contribution in [0.25, 0.3) is 10.9 Å². The Kier molecular flexibility index (Phi) is 4.16. The molecular weight excluding hydrogens is 393 g/mol. The summed E-state index contributed by atoms with van der Waals surface area (Å²) in [5, 5.41) is 15.7. The SMILES string of the molecule is C[C@H]1COc2c(N3CCN(n4cccn4)CC3)c(F)cc3c(=O)c(C(=O)O)cn1c23. The minimum absolute atomic E-state index is 0.0212. The molecule has 10 heteroatoms. The Morgan fingerprint density at radius 3 is 2.73 bits per heavy atom. The zero-order valence-electron chi connectivity index (χ0n) is 16.3. The van der Waals surface area contributed by atoms with Crippen molar-refractivity contribution >= 4 is 22.6 Å². The summed E-state index contributed by atoms with van der Waals surface area (Å²) in [6.07, 6.45) is 4.90. The van der Waals surface area contributed by atoms with Crippen molar-refractivity contribution in [2.24, 2.45) is 0 Å². The summed E-state index contributed by atoms with van der Waals surface area (Å²) in [5.74, 6) is -1.62. The summed E-state index contributed by atoms with van der Waals surface area (Å²) in [6, 6.07) is 2.80. The van der Waals surface area contributed by atoms with E-state index in [2.05, 4.69) is 10.1 Å². The number of aromatic nitrogens is 3. The molecule has 0 unspecified atom stereocenters. The topological polar surface area (TPSA) is 92.8 Å². The summed E-state index contributed by atoms with van der Waals surface area (Å²) < 4.78 is 22.9. The monoisotopic (exact) mass is 413 g/mol. The van der Waals surface area contributed by atoms with Crippen LogP contribution in [0.15, 0.2) is 35.5 Å². The zero-order chi connectivity index (χ0) is 21.0. The van der Waals surface area contributed by atoms with E-state index < -0.39 is 17.2 Å². The predicted octanol–water partition coefficient (Wildman–Crippen LogP) is 1.45. The quantitative estimate of drug-likeness (QED) is 0.695. The number of ether oxygens (including phenoxy) is 1. The normalized spacial score (nSPS) is 18.5. The highest BCUT2D eigenvalue weighted by Gasteiger charge is 2.31. The molecule has 5 rings (SSSR count). The fraction of sp³-hybridized carbons (Fsp3) is 0.350. The van der Waals surface area contributed by atoms with E-state index in [1.54, 1.807) is 15.6 Å². The van der Waals surface area contributed by atoms with E-state index in [9.17, 15) is 14.7 Å². The second-order valence-electron chi connectivity index (χ2n) is 7.54. The second-order valence-corrected chi connectivity index (χ2v) is 7.54. The molecule has 156 valence electrons. The summed E-state index contributed by atoms with van der Waals surface area (Å²) in [7, 11) is 0. The van der Waals surface area contributed by atoms with Crippen molar-refractivity contribution in [1.82, 2.24) is 14.5 Å². The van der Waals surface area contributed by atoms with Crippen molar-refractivity contribution in [1.29, 1.82) is 0 Å². The number of benzene rings is 1. The van der Waals surface area contributed by atoms with Gasteiger partial charge in [0.05, 0.1) is 36.2 Å². The van der Waals surface area contributed by atoms with Gasteiger partial charge in [0, 0.05) is 25.5 Å². The number of hydrogen-bond acceptors (Lipinski definition) is 6. The first-order chi connectivity index (χ1) is 14.5. The lowest BCUT2D eigenvalue weighted by atomic mass is 10.1. The van der Waals surface area contributed by atoms with E-state index >= 15 is 4.39 Å². The third kappa shape index (κ3) is 2.71. The number of aromatic carboxylic acids is 1. The van der Waals surface area contributed by atoms with E-state index in [0.717, 1.165) is 6.07 Å². The molecule has 0 radical (unpaired) electrons. The molecule has 2 aliphatic rings. The van der Waals surface area contributed by atoms with Gasteiger partial charge in [0.1, 0.15) is 17.9 Å². The van der Waals surface area contributed by atoms with Crippen molar-refractivity contribution in [3.63, 3.8) is 0 Å². The lowest BCUT2D eigenvalue weighted by Crippen LogP contribution is -2.51. The number of rotatable bonds is 3. The number of anilines is 1. The van der Waals surface area contributed by atoms with Crippen LogP contribution in [-0.4, -0.2) is 58.3 Å². The third-order valence-corrected chi connectivity index (χ3v) is 5.72. The minimum atomic E-state index is -1.33. The van der Waals surface area contributed by atoms with Gasteiger partial charge in [0.2, 0.25) is 5.43 Å². The van der Waals surface area contributed by atoms with Crippen LogP contribution in [0.5, 0.6) is 5.75 Å². The molecular formula is C20H20FN5O4. The van der Waals surface area contributed by atoms with Crippen LogP contribution in [0.4, 0.5) is 10.1 Å². The first-order valence-electron chi connectivity index (χ1n) is 9.73. The maximum Gasteiger partial charge on any atom is 0.341 e. The van der Waals surface area contributed by atoms with Crippen LogP contribution in [0, 0.1) is 5.82 Å². The Hall–Kier alpha value is -3.56. The van der Waals surface area contributed by atoms with E-state index in [1.165, 1.54) is 6.20 Å². The van der Waals surface area contributed by atoms with Gasteiger partial charge in [0.25, 0.3) is 0 Å². The van der Waals surface area contributed by atoms with Gasteiger partial charge in [-0.1, -0.05) is 0 Å². The van der Waals surface area contributed by atoms with Crippen molar-refractivity contribution in [2.75, 3.05) is 42.7 Å². The Labute approximate surface area is 170 Å². The lowest BCUT2D eigenvalue weighted by Gasteiger charge is -2.38. The second kappa shape index (κ2) is 6.75. The molecule has 1 N–H and O–H groups in total. The Bertz CT molecular complexity index is 1200. The number of hydrogen-bond donors (Lipinski definition) is 1. The Balaban J connectivity index is 1.61. The van der Waals surface area contributed by atoms with Gasteiger partial charge in [0.15, 0.2) is 11.6 Å². The van der Waals surface area contributed by atoms with Crippen molar-refractivity contribution in [3.8, 4) is 5.75 Å². The van der Waals surface area contributed by atoms with Gasteiger partial charge in [-0.3, -0.25) is 9.80 Å². The first kappa shape index (κ1) is 18.5. The summed E-state index contributed by atoms with van der Waals surface area (Å²) in [6.45, 7) is 4.49. The number of piperazine rings is 1. The van der Waals surface area contributed by atoms with Crippen LogP contribution in [0.2, 0.25) is 0 Å². The molecule has 30 heavy (non-hydrogen) atoms. The van der Waals surface area contributed by atoms with Gasteiger partial charge >= 0.3 is 5.97 Å². The molecule has 1 atom stereocenters. The number of pyridine rings is 1. The van der Waals surface area contributed by atoms with Crippen molar-refractivity contribution in [3.05, 3.63) is 52.3 Å². The molecule has 2 aliphatic heterocycles. The van der Waals surface area contributed by atoms with E-state index in [0.29, 0.717) is 43.1 Å². The Morgan fingerprint density at radius 2 is 2.07 bits per heavy atom. The molecule has 3 aromatic rings. The maximum atomic E-state index is 15.2. The van der Waals surface area contributed by atoms with E-state index in [4.69, 9.17) is 4.74 Å². The average Bonchev–Trinajstić information content (AvgIpc) is 3.27. The van der Waals surface area contributed by atoms with Gasteiger partial charge in [-0.2, -0.15) is 9.89 Å². The summed E-state index contributed by atoms with van der Waals surface area (Å²) >= 11 is 0. The third-order valence-electron chi connectivity index (χ3n) is 5.72. The first-order valence-corrected chi connectivity index (χ1v) is 9.73.